The monoisotopic (exact) mass is 346 g/mol. The van der Waals surface area contributed by atoms with Gasteiger partial charge in [0.1, 0.15) is 0 Å². The zero-order valence-electron chi connectivity index (χ0n) is 15.0. The van der Waals surface area contributed by atoms with Gasteiger partial charge in [0.25, 0.3) is 0 Å². The van der Waals surface area contributed by atoms with Crippen LogP contribution >= 0.6 is 0 Å². The number of anilines is 1. The summed E-state index contributed by atoms with van der Waals surface area (Å²) in [6.07, 6.45) is 2.40. The number of hydrogen-bond acceptors (Lipinski definition) is 3. The van der Waals surface area contributed by atoms with E-state index in [9.17, 15) is 14.4 Å². The van der Waals surface area contributed by atoms with Gasteiger partial charge in [-0.25, -0.2) is 0 Å². The smallest absolute Gasteiger partial charge is 0.306 e. The van der Waals surface area contributed by atoms with E-state index in [0.29, 0.717) is 19.3 Å². The van der Waals surface area contributed by atoms with Crippen LogP contribution in [0, 0.1) is 25.7 Å². The predicted molar refractivity (Wildman–Crippen MR) is 95.3 cm³/mol. The van der Waals surface area contributed by atoms with Crippen molar-refractivity contribution in [2.45, 2.75) is 39.5 Å². The highest BCUT2D eigenvalue weighted by Gasteiger charge is 2.32. The number of carbonyl (C=O) groups excluding carboxylic acids is 2. The molecule has 0 heterocycles. The fourth-order valence-corrected chi connectivity index (χ4v) is 3.32. The van der Waals surface area contributed by atoms with Crippen molar-refractivity contribution in [3.05, 3.63) is 29.3 Å². The largest absolute Gasteiger partial charge is 0.481 e. The Morgan fingerprint density at radius 1 is 1.20 bits per heavy atom. The first-order valence-corrected chi connectivity index (χ1v) is 8.63. The lowest BCUT2D eigenvalue weighted by Gasteiger charge is -2.29. The molecule has 2 N–H and O–H groups in total. The molecule has 0 aliphatic heterocycles. The molecule has 136 valence electrons. The van der Waals surface area contributed by atoms with Crippen LogP contribution in [0.2, 0.25) is 0 Å². The summed E-state index contributed by atoms with van der Waals surface area (Å²) in [5.74, 6) is -2.02. The van der Waals surface area contributed by atoms with E-state index in [0.717, 1.165) is 23.2 Å². The molecule has 0 radical (unpaired) electrons. The van der Waals surface area contributed by atoms with Gasteiger partial charge in [-0.3, -0.25) is 14.4 Å². The second-order valence-electron chi connectivity index (χ2n) is 6.89. The number of amides is 2. The Balaban J connectivity index is 1.93. The lowest BCUT2D eigenvalue weighted by molar-refractivity contribution is -0.145. The molecule has 2 amide bonds. The van der Waals surface area contributed by atoms with Crippen molar-refractivity contribution < 1.29 is 19.5 Å². The Morgan fingerprint density at radius 3 is 2.56 bits per heavy atom. The molecule has 1 fully saturated rings. The number of rotatable bonds is 5. The van der Waals surface area contributed by atoms with Crippen molar-refractivity contribution in [3.8, 4) is 0 Å². The first-order chi connectivity index (χ1) is 11.8. The number of nitrogens with zero attached hydrogens (tertiary/aromatic N) is 1. The summed E-state index contributed by atoms with van der Waals surface area (Å²) in [7, 11) is 1.59. The lowest BCUT2D eigenvalue weighted by Crippen LogP contribution is -2.40. The molecule has 6 nitrogen and oxygen atoms in total. The molecule has 0 bridgehead atoms. The van der Waals surface area contributed by atoms with Gasteiger partial charge in [-0.2, -0.15) is 0 Å². The first kappa shape index (κ1) is 19.0. The van der Waals surface area contributed by atoms with Crippen LogP contribution in [0.5, 0.6) is 0 Å². The Hall–Kier alpha value is -2.37. The topological polar surface area (TPSA) is 86.7 Å². The molecular weight excluding hydrogens is 320 g/mol. The average Bonchev–Trinajstić information content (AvgIpc) is 2.58. The minimum atomic E-state index is -0.840. The number of aryl methyl sites for hydroxylation is 1. The maximum absolute atomic E-state index is 12.5. The van der Waals surface area contributed by atoms with Crippen molar-refractivity contribution in [3.63, 3.8) is 0 Å². The van der Waals surface area contributed by atoms with Gasteiger partial charge in [0.2, 0.25) is 11.8 Å². The summed E-state index contributed by atoms with van der Waals surface area (Å²) in [6, 6.07) is 5.68. The third-order valence-corrected chi connectivity index (χ3v) is 5.01. The molecule has 0 spiro atoms. The van der Waals surface area contributed by atoms with Crippen molar-refractivity contribution in [1.29, 1.82) is 0 Å². The van der Waals surface area contributed by atoms with E-state index in [1.54, 1.807) is 7.05 Å². The number of carboxylic acid groups (broad SMARTS) is 1. The van der Waals surface area contributed by atoms with Crippen LogP contribution in [0.1, 0.15) is 36.8 Å². The van der Waals surface area contributed by atoms with Crippen LogP contribution < -0.4 is 5.32 Å². The molecule has 6 heteroatoms. The van der Waals surface area contributed by atoms with E-state index in [1.807, 2.05) is 32.0 Å². The Bertz CT molecular complexity index is 671. The molecule has 1 saturated carbocycles. The molecule has 1 aliphatic carbocycles. The Kier molecular flexibility index (Phi) is 6.17. The fourth-order valence-electron chi connectivity index (χ4n) is 3.32. The number of carboxylic acids is 1. The fraction of sp³-hybridized carbons (Fsp3) is 0.526. The highest BCUT2D eigenvalue weighted by Crippen LogP contribution is 2.30. The number of aliphatic carboxylic acids is 1. The zero-order chi connectivity index (χ0) is 18.6. The molecule has 0 aromatic heterocycles. The zero-order valence-corrected chi connectivity index (χ0v) is 15.0. The van der Waals surface area contributed by atoms with Crippen molar-refractivity contribution in [1.82, 2.24) is 4.90 Å². The van der Waals surface area contributed by atoms with Crippen molar-refractivity contribution in [2.75, 3.05) is 18.9 Å². The maximum Gasteiger partial charge on any atom is 0.306 e. The molecule has 2 unspecified atom stereocenters. The normalized spacial score (nSPS) is 20.0. The molecule has 0 saturated heterocycles. The van der Waals surface area contributed by atoms with Gasteiger partial charge in [0, 0.05) is 18.7 Å². The summed E-state index contributed by atoms with van der Waals surface area (Å²) in [5, 5.41) is 12.0. The standard InChI is InChI=1S/C19H26N2O4/c1-12-6-4-9-16(13(12)2)20-17(22)11-21(3)18(23)14-7-5-8-15(10-14)19(24)25/h4,6,9,14-15H,5,7-8,10-11H2,1-3H3,(H,20,22)(H,24,25). The SMILES string of the molecule is Cc1cccc(NC(=O)CN(C)C(=O)C2CCCC(C(=O)O)C2)c1C. The third-order valence-electron chi connectivity index (χ3n) is 5.01. The summed E-state index contributed by atoms with van der Waals surface area (Å²) < 4.78 is 0. The first-order valence-electron chi connectivity index (χ1n) is 8.63. The van der Waals surface area contributed by atoms with Crippen molar-refractivity contribution in [2.24, 2.45) is 11.8 Å². The van der Waals surface area contributed by atoms with Gasteiger partial charge in [0.15, 0.2) is 0 Å². The second-order valence-corrected chi connectivity index (χ2v) is 6.89. The summed E-state index contributed by atoms with van der Waals surface area (Å²) in [6.45, 7) is 3.87. The molecular formula is C19H26N2O4. The molecule has 2 atom stereocenters. The van der Waals surface area contributed by atoms with E-state index >= 15 is 0 Å². The summed E-state index contributed by atoms with van der Waals surface area (Å²) in [4.78, 5) is 37.3. The number of nitrogens with one attached hydrogen (secondary N) is 1. The number of hydrogen-bond donors (Lipinski definition) is 2. The molecule has 1 aromatic carbocycles. The minimum absolute atomic E-state index is 0.0412. The highest BCUT2D eigenvalue weighted by atomic mass is 16.4. The van der Waals surface area contributed by atoms with Crippen LogP contribution in [0.4, 0.5) is 5.69 Å². The Morgan fingerprint density at radius 2 is 1.88 bits per heavy atom. The maximum atomic E-state index is 12.5. The van der Waals surface area contributed by atoms with Crippen LogP contribution in [-0.2, 0) is 14.4 Å². The minimum Gasteiger partial charge on any atom is -0.481 e. The number of benzene rings is 1. The van der Waals surface area contributed by atoms with Gasteiger partial charge >= 0.3 is 5.97 Å². The van der Waals surface area contributed by atoms with Crippen LogP contribution in [0.15, 0.2) is 18.2 Å². The van der Waals surface area contributed by atoms with E-state index in [-0.39, 0.29) is 24.3 Å². The average molecular weight is 346 g/mol. The third kappa shape index (κ3) is 4.81. The van der Waals surface area contributed by atoms with E-state index in [1.165, 1.54) is 4.90 Å². The van der Waals surface area contributed by atoms with E-state index in [2.05, 4.69) is 5.32 Å². The number of likely N-dealkylation sites (N-methyl/N-ethyl adjacent to an activating group) is 1. The van der Waals surface area contributed by atoms with Gasteiger partial charge < -0.3 is 15.3 Å². The quantitative estimate of drug-likeness (QED) is 0.858. The van der Waals surface area contributed by atoms with E-state index in [4.69, 9.17) is 5.11 Å². The molecule has 25 heavy (non-hydrogen) atoms. The number of carbonyl (C=O) groups is 3. The Labute approximate surface area is 148 Å². The van der Waals surface area contributed by atoms with E-state index < -0.39 is 11.9 Å². The van der Waals surface area contributed by atoms with Crippen LogP contribution in [-0.4, -0.2) is 41.4 Å². The van der Waals surface area contributed by atoms with Crippen molar-refractivity contribution >= 4 is 23.5 Å². The summed E-state index contributed by atoms with van der Waals surface area (Å²) >= 11 is 0. The summed E-state index contributed by atoms with van der Waals surface area (Å²) in [5.41, 5.74) is 2.83. The van der Waals surface area contributed by atoms with Gasteiger partial charge in [-0.1, -0.05) is 18.6 Å². The molecule has 1 aromatic rings. The molecule has 1 aliphatic rings. The van der Waals surface area contributed by atoms with Gasteiger partial charge in [-0.15, -0.1) is 0 Å². The predicted octanol–water partition coefficient (Wildman–Crippen LogP) is 2.59. The van der Waals surface area contributed by atoms with Crippen LogP contribution in [0.3, 0.4) is 0 Å². The van der Waals surface area contributed by atoms with Gasteiger partial charge in [-0.05, 0) is 50.3 Å². The second kappa shape index (κ2) is 8.14. The van der Waals surface area contributed by atoms with Gasteiger partial charge in [0.05, 0.1) is 12.5 Å². The highest BCUT2D eigenvalue weighted by molar-refractivity contribution is 5.95. The lowest BCUT2D eigenvalue weighted by atomic mass is 9.81. The molecule has 2 rings (SSSR count). The van der Waals surface area contributed by atoms with Crippen LogP contribution in [0.25, 0.3) is 0 Å².